The van der Waals surface area contributed by atoms with Gasteiger partial charge in [-0.2, -0.15) is 5.10 Å². The number of halogens is 1. The lowest BCUT2D eigenvalue weighted by Crippen LogP contribution is -2.05. The highest BCUT2D eigenvalue weighted by atomic mass is 127. The number of hydrogen-bond acceptors (Lipinski definition) is 2. The maximum atomic E-state index is 5.59. The molecule has 1 heterocycles. The van der Waals surface area contributed by atoms with Crippen molar-refractivity contribution < 1.29 is 4.74 Å². The van der Waals surface area contributed by atoms with Gasteiger partial charge in [-0.05, 0) is 42.4 Å². The molecule has 0 spiro atoms. The highest BCUT2D eigenvalue weighted by Crippen LogP contribution is 2.16. The van der Waals surface area contributed by atoms with Crippen molar-refractivity contribution >= 4 is 22.6 Å². The quantitative estimate of drug-likeness (QED) is 0.560. The highest BCUT2D eigenvalue weighted by Gasteiger charge is 2.09. The lowest BCUT2D eigenvalue weighted by molar-refractivity contribution is 0.114. The minimum Gasteiger partial charge on any atom is -0.375 e. The first-order chi connectivity index (χ1) is 7.69. The van der Waals surface area contributed by atoms with Crippen LogP contribution in [0.4, 0.5) is 0 Å². The number of ether oxygens (including phenoxy) is 1. The van der Waals surface area contributed by atoms with Gasteiger partial charge < -0.3 is 4.74 Å². The predicted octanol–water partition coefficient (Wildman–Crippen LogP) is 3.78. The summed E-state index contributed by atoms with van der Waals surface area (Å²) in [5, 5.41) is 4.56. The fourth-order valence-electron chi connectivity index (χ4n) is 1.33. The Hall–Kier alpha value is -0.100. The molecule has 16 heavy (non-hydrogen) atoms. The molecule has 0 radical (unpaired) electrons. The van der Waals surface area contributed by atoms with Crippen molar-refractivity contribution in [3.63, 3.8) is 0 Å². The number of aromatic nitrogens is 2. The third kappa shape index (κ3) is 4.05. The molecule has 4 heteroatoms. The van der Waals surface area contributed by atoms with E-state index < -0.39 is 0 Å². The third-order valence-corrected chi connectivity index (χ3v) is 3.58. The van der Waals surface area contributed by atoms with Crippen LogP contribution in [0.3, 0.4) is 0 Å². The minimum absolute atomic E-state index is 0.470. The summed E-state index contributed by atoms with van der Waals surface area (Å²) in [7, 11) is 0. The van der Waals surface area contributed by atoms with E-state index in [0.29, 0.717) is 12.6 Å². The van der Waals surface area contributed by atoms with E-state index >= 15 is 0 Å². The van der Waals surface area contributed by atoms with E-state index in [0.717, 1.165) is 25.1 Å². The van der Waals surface area contributed by atoms with Crippen LogP contribution in [0.1, 0.15) is 51.8 Å². The molecule has 0 saturated carbocycles. The van der Waals surface area contributed by atoms with E-state index in [-0.39, 0.29) is 0 Å². The van der Waals surface area contributed by atoms with Gasteiger partial charge in [-0.3, -0.25) is 4.68 Å². The summed E-state index contributed by atoms with van der Waals surface area (Å²) < 4.78 is 8.83. The Labute approximate surface area is 112 Å². The van der Waals surface area contributed by atoms with Crippen LogP contribution in [0.2, 0.25) is 0 Å². The summed E-state index contributed by atoms with van der Waals surface area (Å²) in [4.78, 5) is 0. The van der Waals surface area contributed by atoms with Crippen LogP contribution >= 0.6 is 22.6 Å². The molecule has 0 aliphatic heterocycles. The Morgan fingerprint density at radius 3 is 2.88 bits per heavy atom. The van der Waals surface area contributed by atoms with E-state index in [1.54, 1.807) is 0 Å². The van der Waals surface area contributed by atoms with Crippen LogP contribution in [0.5, 0.6) is 0 Å². The molecule has 0 amide bonds. The fourth-order valence-corrected chi connectivity index (χ4v) is 1.88. The van der Waals surface area contributed by atoms with Crippen molar-refractivity contribution in [3.05, 3.63) is 15.5 Å². The van der Waals surface area contributed by atoms with Gasteiger partial charge in [0.05, 0.1) is 10.2 Å². The molecule has 92 valence electrons. The summed E-state index contributed by atoms with van der Waals surface area (Å²) in [5.41, 5.74) is 1.07. The standard InChI is InChI=1S/C12H21IN2O/c1-4-6-7-16-9-12-11(13)8-15(14-12)10(3)5-2/h8,10H,4-7,9H2,1-3H3/t10-/m0/s1. The van der Waals surface area contributed by atoms with E-state index in [9.17, 15) is 0 Å². The molecule has 3 nitrogen and oxygen atoms in total. The molecule has 1 atom stereocenters. The molecule has 0 aliphatic rings. The third-order valence-electron chi connectivity index (χ3n) is 2.68. The largest absolute Gasteiger partial charge is 0.375 e. The van der Waals surface area contributed by atoms with Crippen LogP contribution in [0.25, 0.3) is 0 Å². The van der Waals surface area contributed by atoms with Gasteiger partial charge in [-0.15, -0.1) is 0 Å². The van der Waals surface area contributed by atoms with E-state index in [2.05, 4.69) is 54.7 Å². The molecule has 0 bridgehead atoms. The summed E-state index contributed by atoms with van der Waals surface area (Å²) >= 11 is 2.33. The van der Waals surface area contributed by atoms with Crippen LogP contribution in [0, 0.1) is 3.57 Å². The molecule has 0 fully saturated rings. The number of hydrogen-bond donors (Lipinski definition) is 0. The monoisotopic (exact) mass is 336 g/mol. The minimum atomic E-state index is 0.470. The Kier molecular flexibility index (Phi) is 6.34. The highest BCUT2D eigenvalue weighted by molar-refractivity contribution is 14.1. The lowest BCUT2D eigenvalue weighted by Gasteiger charge is -2.08. The summed E-state index contributed by atoms with van der Waals surface area (Å²) in [6.07, 6.45) is 5.52. The van der Waals surface area contributed by atoms with Crippen LogP contribution < -0.4 is 0 Å². The van der Waals surface area contributed by atoms with Crippen LogP contribution in [0.15, 0.2) is 6.20 Å². The molecule has 1 rings (SSSR count). The van der Waals surface area contributed by atoms with Crippen molar-refractivity contribution in [2.24, 2.45) is 0 Å². The van der Waals surface area contributed by atoms with Gasteiger partial charge in [0.15, 0.2) is 0 Å². The lowest BCUT2D eigenvalue weighted by atomic mass is 10.3. The van der Waals surface area contributed by atoms with Crippen LogP contribution in [-0.4, -0.2) is 16.4 Å². The molecule has 0 N–H and O–H groups in total. The Morgan fingerprint density at radius 1 is 1.50 bits per heavy atom. The second-order valence-electron chi connectivity index (χ2n) is 4.07. The van der Waals surface area contributed by atoms with E-state index in [1.165, 1.54) is 9.99 Å². The number of unbranched alkanes of at least 4 members (excludes halogenated alkanes) is 1. The number of nitrogens with zero attached hydrogens (tertiary/aromatic N) is 2. The summed E-state index contributed by atoms with van der Waals surface area (Å²) in [6, 6.07) is 0.470. The Morgan fingerprint density at radius 2 is 2.25 bits per heavy atom. The Bertz CT molecular complexity index is 312. The van der Waals surface area contributed by atoms with Gasteiger partial charge in [0, 0.05) is 18.8 Å². The van der Waals surface area contributed by atoms with E-state index in [1.807, 2.05) is 4.68 Å². The fraction of sp³-hybridized carbons (Fsp3) is 0.750. The van der Waals surface area contributed by atoms with Crippen molar-refractivity contribution in [2.75, 3.05) is 6.61 Å². The first-order valence-corrected chi connectivity index (χ1v) is 7.08. The van der Waals surface area contributed by atoms with E-state index in [4.69, 9.17) is 4.74 Å². The molecule has 0 saturated heterocycles. The first-order valence-electron chi connectivity index (χ1n) is 6.00. The maximum absolute atomic E-state index is 5.59. The second kappa shape index (κ2) is 7.27. The van der Waals surface area contributed by atoms with Gasteiger partial charge in [-0.25, -0.2) is 0 Å². The molecule has 0 unspecified atom stereocenters. The first kappa shape index (κ1) is 14.0. The van der Waals surface area contributed by atoms with Crippen molar-refractivity contribution in [1.29, 1.82) is 0 Å². The average molecular weight is 336 g/mol. The van der Waals surface area contributed by atoms with Gasteiger partial charge >= 0.3 is 0 Å². The summed E-state index contributed by atoms with van der Waals surface area (Å²) in [5.74, 6) is 0. The number of rotatable bonds is 7. The average Bonchev–Trinajstić information content (AvgIpc) is 2.65. The van der Waals surface area contributed by atoms with Gasteiger partial charge in [-0.1, -0.05) is 20.3 Å². The van der Waals surface area contributed by atoms with Crippen molar-refractivity contribution in [1.82, 2.24) is 9.78 Å². The van der Waals surface area contributed by atoms with Crippen molar-refractivity contribution in [2.45, 2.75) is 52.7 Å². The topological polar surface area (TPSA) is 27.1 Å². The predicted molar refractivity (Wildman–Crippen MR) is 74.5 cm³/mol. The van der Waals surface area contributed by atoms with Gasteiger partial charge in [0.1, 0.15) is 5.69 Å². The molecule has 0 aliphatic carbocycles. The molecular formula is C12H21IN2O. The Balaban J connectivity index is 2.50. The zero-order valence-electron chi connectivity index (χ0n) is 10.4. The zero-order valence-corrected chi connectivity index (χ0v) is 12.5. The molecule has 1 aromatic rings. The maximum Gasteiger partial charge on any atom is 0.101 e. The van der Waals surface area contributed by atoms with Gasteiger partial charge in [0.25, 0.3) is 0 Å². The van der Waals surface area contributed by atoms with Gasteiger partial charge in [0.2, 0.25) is 0 Å². The molecular weight excluding hydrogens is 315 g/mol. The van der Waals surface area contributed by atoms with Crippen molar-refractivity contribution in [3.8, 4) is 0 Å². The zero-order chi connectivity index (χ0) is 12.0. The van der Waals surface area contributed by atoms with Crippen LogP contribution in [-0.2, 0) is 11.3 Å². The SMILES string of the molecule is CCCCOCc1nn([C@@H](C)CC)cc1I. The molecule has 1 aromatic heterocycles. The smallest absolute Gasteiger partial charge is 0.101 e. The normalized spacial score (nSPS) is 13.0. The summed E-state index contributed by atoms with van der Waals surface area (Å²) in [6.45, 7) is 8.01. The molecule has 0 aromatic carbocycles. The second-order valence-corrected chi connectivity index (χ2v) is 5.23.